The first-order valence-electron chi connectivity index (χ1n) is 9.09. The van der Waals surface area contributed by atoms with E-state index in [0.29, 0.717) is 22.6 Å². The minimum Gasteiger partial charge on any atom is -0.493 e. The molecule has 1 saturated heterocycles. The second kappa shape index (κ2) is 12.4. The number of piperidine rings is 1. The molecule has 2 aromatic carbocycles. The van der Waals surface area contributed by atoms with Gasteiger partial charge in [0.15, 0.2) is 11.5 Å². The fourth-order valence-electron chi connectivity index (χ4n) is 3.47. The van der Waals surface area contributed by atoms with Gasteiger partial charge in [-0.3, -0.25) is 4.90 Å². The van der Waals surface area contributed by atoms with Crippen LogP contribution in [0.25, 0.3) is 0 Å². The minimum absolute atomic E-state index is 0. The topological polar surface area (TPSA) is 33.7 Å². The zero-order valence-electron chi connectivity index (χ0n) is 16.3. The van der Waals surface area contributed by atoms with Gasteiger partial charge in [0, 0.05) is 19.1 Å². The van der Waals surface area contributed by atoms with Crippen LogP contribution in [0.5, 0.6) is 11.5 Å². The molecule has 0 saturated carbocycles. The first-order valence-corrected chi connectivity index (χ1v) is 9.47. The third kappa shape index (κ3) is 6.71. The summed E-state index contributed by atoms with van der Waals surface area (Å²) in [5, 5.41) is 4.24. The average Bonchev–Trinajstić information content (AvgIpc) is 2.67. The number of methoxy groups -OCH3 is 2. The largest absolute Gasteiger partial charge is 0.493 e. The second-order valence-corrected chi connectivity index (χ2v) is 7.14. The Hall–Kier alpha value is -1.17. The average molecular weight is 448 g/mol. The van der Waals surface area contributed by atoms with Gasteiger partial charge in [-0.05, 0) is 49.2 Å². The molecule has 28 heavy (non-hydrogen) atoms. The van der Waals surface area contributed by atoms with Crippen molar-refractivity contribution in [3.8, 4) is 11.5 Å². The predicted octanol–water partition coefficient (Wildman–Crippen LogP) is 4.96. The lowest BCUT2D eigenvalue weighted by molar-refractivity contribution is 0.190. The second-order valence-electron chi connectivity index (χ2n) is 6.73. The van der Waals surface area contributed by atoms with Crippen molar-refractivity contribution < 1.29 is 9.47 Å². The van der Waals surface area contributed by atoms with E-state index in [1.54, 1.807) is 14.2 Å². The number of hydrogen-bond acceptors (Lipinski definition) is 4. The van der Waals surface area contributed by atoms with Gasteiger partial charge in [-0.15, -0.1) is 24.8 Å². The normalized spacial score (nSPS) is 14.7. The van der Waals surface area contributed by atoms with Crippen LogP contribution in [0.2, 0.25) is 5.02 Å². The maximum atomic E-state index is 6.29. The number of nitrogens with zero attached hydrogens (tertiary/aromatic N) is 1. The molecule has 1 heterocycles. The van der Waals surface area contributed by atoms with E-state index < -0.39 is 0 Å². The van der Waals surface area contributed by atoms with E-state index in [0.717, 1.165) is 44.6 Å². The molecule has 0 aliphatic carbocycles. The van der Waals surface area contributed by atoms with Gasteiger partial charge in [-0.1, -0.05) is 41.9 Å². The number of likely N-dealkylation sites (tertiary alicyclic amines) is 1. The van der Waals surface area contributed by atoms with E-state index in [1.165, 1.54) is 5.56 Å². The van der Waals surface area contributed by atoms with Crippen LogP contribution in [0.15, 0.2) is 42.5 Å². The summed E-state index contributed by atoms with van der Waals surface area (Å²) < 4.78 is 10.7. The number of nitrogens with one attached hydrogen (secondary N) is 1. The van der Waals surface area contributed by atoms with Crippen molar-refractivity contribution in [2.75, 3.05) is 27.3 Å². The van der Waals surface area contributed by atoms with Gasteiger partial charge in [0.1, 0.15) is 0 Å². The van der Waals surface area contributed by atoms with Crippen molar-refractivity contribution >= 4 is 36.4 Å². The predicted molar refractivity (Wildman–Crippen MR) is 121 cm³/mol. The molecule has 156 valence electrons. The molecule has 7 heteroatoms. The van der Waals surface area contributed by atoms with E-state index in [1.807, 2.05) is 12.1 Å². The van der Waals surface area contributed by atoms with Crippen molar-refractivity contribution in [1.29, 1.82) is 0 Å². The van der Waals surface area contributed by atoms with E-state index in [9.17, 15) is 0 Å². The number of ether oxygens (including phenoxy) is 2. The highest BCUT2D eigenvalue weighted by molar-refractivity contribution is 6.32. The number of halogens is 3. The van der Waals surface area contributed by atoms with Gasteiger partial charge in [0.05, 0.1) is 19.2 Å². The zero-order chi connectivity index (χ0) is 18.4. The summed E-state index contributed by atoms with van der Waals surface area (Å²) in [5.41, 5.74) is 2.50. The molecule has 2 aromatic rings. The van der Waals surface area contributed by atoms with E-state index >= 15 is 0 Å². The van der Waals surface area contributed by atoms with E-state index in [-0.39, 0.29) is 24.8 Å². The summed E-state index contributed by atoms with van der Waals surface area (Å²) in [6, 6.07) is 15.2. The smallest absolute Gasteiger partial charge is 0.179 e. The van der Waals surface area contributed by atoms with Crippen molar-refractivity contribution in [3.05, 3.63) is 58.6 Å². The Morgan fingerprint density at radius 3 is 2.29 bits per heavy atom. The summed E-state index contributed by atoms with van der Waals surface area (Å²) in [4.78, 5) is 2.53. The molecule has 0 radical (unpaired) electrons. The molecule has 1 fully saturated rings. The molecule has 0 spiro atoms. The lowest BCUT2D eigenvalue weighted by Gasteiger charge is -2.32. The van der Waals surface area contributed by atoms with Crippen molar-refractivity contribution in [2.45, 2.75) is 32.0 Å². The summed E-state index contributed by atoms with van der Waals surface area (Å²) >= 11 is 6.29. The monoisotopic (exact) mass is 446 g/mol. The lowest BCUT2D eigenvalue weighted by atomic mass is 10.0. The quantitative estimate of drug-likeness (QED) is 0.651. The Balaban J connectivity index is 0.00000196. The Kier molecular flexibility index (Phi) is 11.0. The van der Waals surface area contributed by atoms with Crippen LogP contribution in [0.4, 0.5) is 0 Å². The van der Waals surface area contributed by atoms with Crippen molar-refractivity contribution in [1.82, 2.24) is 10.2 Å². The first kappa shape index (κ1) is 24.9. The molecule has 0 aromatic heterocycles. The number of benzene rings is 2. The maximum Gasteiger partial charge on any atom is 0.179 e. The van der Waals surface area contributed by atoms with Crippen LogP contribution >= 0.6 is 36.4 Å². The molecule has 0 atom stereocenters. The molecule has 1 aliphatic rings. The maximum absolute atomic E-state index is 6.29. The summed E-state index contributed by atoms with van der Waals surface area (Å²) in [7, 11) is 3.23. The SMILES string of the molecule is COc1cc(CNC2CCN(Cc3ccccc3)CC2)cc(Cl)c1OC.Cl.Cl. The molecule has 0 bridgehead atoms. The highest BCUT2D eigenvalue weighted by Crippen LogP contribution is 2.36. The van der Waals surface area contributed by atoms with Gasteiger partial charge in [-0.2, -0.15) is 0 Å². The standard InChI is InChI=1S/C21H27ClN2O2.2ClH/c1-25-20-13-17(12-19(22)21(20)26-2)14-23-18-8-10-24(11-9-18)15-16-6-4-3-5-7-16;;/h3-7,12-13,18,23H,8-11,14-15H2,1-2H3;2*1H. The van der Waals surface area contributed by atoms with Crippen molar-refractivity contribution in [2.24, 2.45) is 0 Å². The molecule has 3 rings (SSSR count). The molecule has 1 aliphatic heterocycles. The Morgan fingerprint density at radius 2 is 1.68 bits per heavy atom. The van der Waals surface area contributed by atoms with Gasteiger partial charge in [-0.25, -0.2) is 0 Å². The minimum atomic E-state index is 0. The van der Waals surface area contributed by atoms with Crippen LogP contribution in [0.3, 0.4) is 0 Å². The Labute approximate surface area is 185 Å². The van der Waals surface area contributed by atoms with Gasteiger partial charge in [0.2, 0.25) is 0 Å². The third-order valence-electron chi connectivity index (χ3n) is 4.92. The Bertz CT molecular complexity index is 708. The number of hydrogen-bond donors (Lipinski definition) is 1. The van der Waals surface area contributed by atoms with Gasteiger partial charge < -0.3 is 14.8 Å². The van der Waals surface area contributed by atoms with Crippen LogP contribution < -0.4 is 14.8 Å². The van der Waals surface area contributed by atoms with Gasteiger partial charge >= 0.3 is 0 Å². The van der Waals surface area contributed by atoms with Crippen LogP contribution in [0.1, 0.15) is 24.0 Å². The zero-order valence-corrected chi connectivity index (χ0v) is 18.7. The first-order chi connectivity index (χ1) is 12.7. The lowest BCUT2D eigenvalue weighted by Crippen LogP contribution is -2.41. The molecular formula is C21H29Cl3N2O2. The fourth-order valence-corrected chi connectivity index (χ4v) is 3.78. The summed E-state index contributed by atoms with van der Waals surface area (Å²) in [5.74, 6) is 1.27. The fraction of sp³-hybridized carbons (Fsp3) is 0.429. The highest BCUT2D eigenvalue weighted by Gasteiger charge is 2.19. The summed E-state index contributed by atoms with van der Waals surface area (Å²) in [6.45, 7) is 4.07. The van der Waals surface area contributed by atoms with Crippen LogP contribution in [0, 0.1) is 0 Å². The number of rotatable bonds is 7. The molecule has 4 nitrogen and oxygen atoms in total. The molecular weight excluding hydrogens is 419 g/mol. The van der Waals surface area contributed by atoms with Crippen LogP contribution in [-0.2, 0) is 13.1 Å². The molecule has 0 unspecified atom stereocenters. The van der Waals surface area contributed by atoms with E-state index in [2.05, 4.69) is 40.5 Å². The molecule has 0 amide bonds. The summed E-state index contributed by atoms with van der Waals surface area (Å²) in [6.07, 6.45) is 2.32. The van der Waals surface area contributed by atoms with Crippen LogP contribution in [-0.4, -0.2) is 38.3 Å². The highest BCUT2D eigenvalue weighted by atomic mass is 35.5. The van der Waals surface area contributed by atoms with Crippen molar-refractivity contribution in [3.63, 3.8) is 0 Å². The third-order valence-corrected chi connectivity index (χ3v) is 5.21. The Morgan fingerprint density at radius 1 is 1.00 bits per heavy atom. The molecule has 1 N–H and O–H groups in total. The van der Waals surface area contributed by atoms with Gasteiger partial charge in [0.25, 0.3) is 0 Å². The van der Waals surface area contributed by atoms with E-state index in [4.69, 9.17) is 21.1 Å².